The monoisotopic (exact) mass is 578 g/mol. The second-order valence-electron chi connectivity index (χ2n) is 9.31. The van der Waals surface area contributed by atoms with Crippen LogP contribution in [0.3, 0.4) is 0 Å². The second-order valence-corrected chi connectivity index (χ2v) is 10.1. The Balaban J connectivity index is 1.54. The lowest BCUT2D eigenvalue weighted by atomic mass is 10.1. The van der Waals surface area contributed by atoms with Crippen molar-refractivity contribution in [2.45, 2.75) is 18.9 Å². The summed E-state index contributed by atoms with van der Waals surface area (Å²) in [7, 11) is 3.20. The number of piperidine rings is 1. The topological polar surface area (TPSA) is 108 Å². The summed E-state index contributed by atoms with van der Waals surface area (Å²) < 4.78 is 12.1. The van der Waals surface area contributed by atoms with Crippen molar-refractivity contribution in [3.05, 3.63) is 74.8 Å². The summed E-state index contributed by atoms with van der Waals surface area (Å²) in [6.07, 6.45) is 4.93. The molecule has 1 saturated heterocycles. The minimum atomic E-state index is -0.374. The van der Waals surface area contributed by atoms with Crippen molar-refractivity contribution in [1.82, 2.24) is 14.5 Å². The Kier molecular flexibility index (Phi) is 8.43. The number of nitrogens with one attached hydrogen (secondary N) is 1. The Hall–Kier alpha value is -3.81. The molecule has 3 N–H and O–H groups in total. The van der Waals surface area contributed by atoms with E-state index in [9.17, 15) is 4.79 Å². The van der Waals surface area contributed by atoms with E-state index in [1.807, 2.05) is 18.2 Å². The molecule has 2 aromatic carbocycles. The Labute approximate surface area is 241 Å². The predicted octanol–water partition coefficient (Wildman–Crippen LogP) is 4.77. The molecule has 0 atom stereocenters. The molecule has 9 nitrogen and oxygen atoms in total. The van der Waals surface area contributed by atoms with Gasteiger partial charge in [0.2, 0.25) is 5.95 Å². The van der Waals surface area contributed by atoms with Crippen molar-refractivity contribution in [1.29, 1.82) is 0 Å². The number of para-hydroxylation sites is 1. The van der Waals surface area contributed by atoms with E-state index in [0.29, 0.717) is 32.8 Å². The number of nitrogens with two attached hydrogens (primary N) is 1. The smallest absolute Gasteiger partial charge is 0.266 e. The van der Waals surface area contributed by atoms with Gasteiger partial charge >= 0.3 is 0 Å². The summed E-state index contributed by atoms with van der Waals surface area (Å²) >= 11 is 12.8. The highest BCUT2D eigenvalue weighted by atomic mass is 35.5. The van der Waals surface area contributed by atoms with Crippen LogP contribution in [0.25, 0.3) is 16.6 Å². The van der Waals surface area contributed by atoms with Crippen LogP contribution in [-0.4, -0.2) is 54.5 Å². The molecule has 0 saturated carbocycles. The summed E-state index contributed by atoms with van der Waals surface area (Å²) in [5.74, 6) is 7.01. The number of pyridine rings is 1. The first-order chi connectivity index (χ1) is 19.4. The highest BCUT2D eigenvalue weighted by Crippen LogP contribution is 2.34. The highest BCUT2D eigenvalue weighted by Gasteiger charge is 2.20. The van der Waals surface area contributed by atoms with E-state index in [1.54, 1.807) is 38.6 Å². The fourth-order valence-corrected chi connectivity index (χ4v) is 5.23. The van der Waals surface area contributed by atoms with E-state index >= 15 is 0 Å². The van der Waals surface area contributed by atoms with Crippen molar-refractivity contribution in [2.75, 3.05) is 44.1 Å². The molecule has 0 amide bonds. The van der Waals surface area contributed by atoms with E-state index in [0.717, 1.165) is 43.1 Å². The molecule has 11 heteroatoms. The standard InChI is InChI=1S/C29H28Cl2N6O3/c1-39-14-4-5-18-17-37(27-22(30)6-3-7-23(27)31)28(38)21-16-33-29(35-26(18)21)34-20-8-9-24(25(15-20)40-2)36-12-10-19(32)11-13-36/h3,6-9,15-17,19H,10-14,32H2,1-2H3,(H,33,34,35). The first kappa shape index (κ1) is 27.7. The van der Waals surface area contributed by atoms with Gasteiger partial charge in [0, 0.05) is 50.4 Å². The summed E-state index contributed by atoms with van der Waals surface area (Å²) in [6.45, 7) is 1.96. The van der Waals surface area contributed by atoms with Crippen molar-refractivity contribution in [3.63, 3.8) is 0 Å². The van der Waals surface area contributed by atoms with Gasteiger partial charge in [-0.15, -0.1) is 0 Å². The highest BCUT2D eigenvalue weighted by molar-refractivity contribution is 6.37. The van der Waals surface area contributed by atoms with Crippen LogP contribution in [0.15, 0.2) is 53.6 Å². The normalized spacial score (nSPS) is 13.7. The Bertz CT molecular complexity index is 1650. The third kappa shape index (κ3) is 5.71. The average molecular weight is 579 g/mol. The molecule has 0 bridgehead atoms. The molecule has 1 aliphatic heterocycles. The fourth-order valence-electron chi connectivity index (χ4n) is 4.65. The Morgan fingerprint density at radius 3 is 2.60 bits per heavy atom. The van der Waals surface area contributed by atoms with Crippen LogP contribution in [0.5, 0.6) is 5.75 Å². The summed E-state index contributed by atoms with van der Waals surface area (Å²) in [6, 6.07) is 11.1. The SMILES string of the molecule is COCC#Cc1cn(-c2c(Cl)cccc2Cl)c(=O)c2cnc(Nc3ccc(N4CCC(N)CC4)c(OC)c3)nc12. The van der Waals surface area contributed by atoms with Crippen molar-refractivity contribution in [3.8, 4) is 23.3 Å². The summed E-state index contributed by atoms with van der Waals surface area (Å²) in [4.78, 5) is 24.9. The molecule has 1 fully saturated rings. The molecule has 4 aromatic rings. The van der Waals surface area contributed by atoms with Gasteiger partial charge in [-0.3, -0.25) is 9.36 Å². The van der Waals surface area contributed by atoms with Gasteiger partial charge in [0.15, 0.2) is 0 Å². The van der Waals surface area contributed by atoms with Gasteiger partial charge < -0.3 is 25.4 Å². The van der Waals surface area contributed by atoms with Crippen LogP contribution in [0, 0.1) is 11.8 Å². The Morgan fingerprint density at radius 2 is 1.90 bits per heavy atom. The molecular weight excluding hydrogens is 551 g/mol. The zero-order valence-corrected chi connectivity index (χ0v) is 23.6. The van der Waals surface area contributed by atoms with Crippen LogP contribution < -0.4 is 26.2 Å². The number of halogens is 2. The fraction of sp³-hybridized carbons (Fsp3) is 0.276. The molecule has 5 rings (SSSR count). The minimum absolute atomic E-state index is 0.207. The lowest BCUT2D eigenvalue weighted by Gasteiger charge is -2.33. The molecule has 3 heterocycles. The van der Waals surface area contributed by atoms with Crippen LogP contribution in [0.2, 0.25) is 10.0 Å². The number of aromatic nitrogens is 3. The number of ether oxygens (including phenoxy) is 2. The van der Waals surface area contributed by atoms with Crippen molar-refractivity contribution < 1.29 is 9.47 Å². The molecule has 206 valence electrons. The molecule has 2 aromatic heterocycles. The van der Waals surface area contributed by atoms with Crippen LogP contribution in [-0.2, 0) is 4.74 Å². The van der Waals surface area contributed by atoms with E-state index < -0.39 is 0 Å². The molecule has 40 heavy (non-hydrogen) atoms. The largest absolute Gasteiger partial charge is 0.495 e. The number of hydrogen-bond acceptors (Lipinski definition) is 8. The summed E-state index contributed by atoms with van der Waals surface area (Å²) in [5, 5.41) is 4.14. The van der Waals surface area contributed by atoms with Crippen molar-refractivity contribution >= 4 is 51.4 Å². The third-order valence-electron chi connectivity index (χ3n) is 6.69. The average Bonchev–Trinajstić information content (AvgIpc) is 2.95. The van der Waals surface area contributed by atoms with E-state index in [2.05, 4.69) is 32.0 Å². The maximum Gasteiger partial charge on any atom is 0.266 e. The van der Waals surface area contributed by atoms with Gasteiger partial charge in [-0.2, -0.15) is 0 Å². The number of benzene rings is 2. The van der Waals surface area contributed by atoms with E-state index in [4.69, 9.17) is 38.4 Å². The lowest BCUT2D eigenvalue weighted by Crippen LogP contribution is -2.39. The number of rotatable bonds is 6. The van der Waals surface area contributed by atoms with Gasteiger partial charge in [0.05, 0.1) is 45.0 Å². The first-order valence-electron chi connectivity index (χ1n) is 12.7. The lowest BCUT2D eigenvalue weighted by molar-refractivity contribution is 0.240. The minimum Gasteiger partial charge on any atom is -0.495 e. The van der Waals surface area contributed by atoms with Crippen LogP contribution >= 0.6 is 23.2 Å². The van der Waals surface area contributed by atoms with Gasteiger partial charge in [0.1, 0.15) is 12.4 Å². The molecule has 0 radical (unpaired) electrons. The number of methoxy groups -OCH3 is 2. The number of nitrogens with zero attached hydrogens (tertiary/aromatic N) is 4. The third-order valence-corrected chi connectivity index (χ3v) is 7.30. The maximum absolute atomic E-state index is 13.5. The zero-order chi connectivity index (χ0) is 28.2. The quantitative estimate of drug-likeness (QED) is 0.315. The van der Waals surface area contributed by atoms with Gasteiger partial charge in [-0.1, -0.05) is 41.1 Å². The molecule has 0 spiro atoms. The van der Waals surface area contributed by atoms with Gasteiger partial charge in [-0.05, 0) is 37.1 Å². The first-order valence-corrected chi connectivity index (χ1v) is 13.5. The zero-order valence-electron chi connectivity index (χ0n) is 22.1. The second kappa shape index (κ2) is 12.1. The van der Waals surface area contributed by atoms with Gasteiger partial charge in [0.25, 0.3) is 5.56 Å². The van der Waals surface area contributed by atoms with E-state index in [-0.39, 0.29) is 23.6 Å². The number of fused-ring (bicyclic) bond motifs is 1. The Morgan fingerprint density at radius 1 is 1.15 bits per heavy atom. The van der Waals surface area contributed by atoms with Crippen LogP contribution in [0.4, 0.5) is 17.3 Å². The molecule has 0 aliphatic carbocycles. The summed E-state index contributed by atoms with van der Waals surface area (Å²) in [5.41, 5.74) is 8.68. The number of anilines is 3. The van der Waals surface area contributed by atoms with Crippen molar-refractivity contribution in [2.24, 2.45) is 5.73 Å². The maximum atomic E-state index is 13.5. The van der Waals surface area contributed by atoms with E-state index in [1.165, 1.54) is 10.8 Å². The molecule has 1 aliphatic rings. The molecule has 0 unspecified atom stereocenters. The number of hydrogen-bond donors (Lipinski definition) is 2. The molecular formula is C29H28Cl2N6O3. The van der Waals surface area contributed by atoms with Gasteiger partial charge in [-0.25, -0.2) is 9.97 Å². The van der Waals surface area contributed by atoms with Crippen LogP contribution in [0.1, 0.15) is 18.4 Å². The predicted molar refractivity (Wildman–Crippen MR) is 160 cm³/mol.